The smallest absolute Gasteiger partial charge is 0.313 e. The molecule has 7 heteroatoms. The van der Waals surface area contributed by atoms with Gasteiger partial charge in [0.2, 0.25) is 0 Å². The minimum absolute atomic E-state index is 0.0588. The summed E-state index contributed by atoms with van der Waals surface area (Å²) in [5, 5.41) is 13.3. The van der Waals surface area contributed by atoms with Crippen molar-refractivity contribution in [2.45, 2.75) is 38.0 Å². The van der Waals surface area contributed by atoms with Gasteiger partial charge in [-0.3, -0.25) is 4.79 Å². The Kier molecular flexibility index (Phi) is 2.90. The van der Waals surface area contributed by atoms with Gasteiger partial charge in [-0.1, -0.05) is 6.42 Å². The SMILES string of the molecule is COC(=O)C12CCCC1CN(c1ccc3nnc(C4CC4)n3n1)C2. The normalized spacial score (nSPS) is 29.2. The van der Waals surface area contributed by atoms with Crippen LogP contribution in [0.4, 0.5) is 5.82 Å². The molecular weight excluding hydrogens is 306 g/mol. The van der Waals surface area contributed by atoms with Crippen LogP contribution >= 0.6 is 0 Å². The molecule has 0 spiro atoms. The van der Waals surface area contributed by atoms with Crippen molar-refractivity contribution in [3.63, 3.8) is 0 Å². The molecule has 2 aromatic heterocycles. The summed E-state index contributed by atoms with van der Waals surface area (Å²) in [6, 6.07) is 3.97. The molecule has 2 saturated carbocycles. The van der Waals surface area contributed by atoms with Crippen LogP contribution in [-0.4, -0.2) is 46.0 Å². The fourth-order valence-corrected chi connectivity index (χ4v) is 4.56. The second-order valence-electron chi connectivity index (χ2n) is 7.41. The number of hydrogen-bond donors (Lipinski definition) is 0. The van der Waals surface area contributed by atoms with E-state index in [1.165, 1.54) is 20.0 Å². The fraction of sp³-hybridized carbons (Fsp3) is 0.647. The van der Waals surface area contributed by atoms with E-state index in [4.69, 9.17) is 9.84 Å². The van der Waals surface area contributed by atoms with Gasteiger partial charge in [-0.25, -0.2) is 0 Å². The predicted molar refractivity (Wildman–Crippen MR) is 86.8 cm³/mol. The number of ether oxygens (including phenoxy) is 1. The second kappa shape index (κ2) is 4.91. The van der Waals surface area contributed by atoms with Crippen LogP contribution in [0.15, 0.2) is 12.1 Å². The first kappa shape index (κ1) is 14.2. The van der Waals surface area contributed by atoms with Gasteiger partial charge in [0.05, 0.1) is 12.5 Å². The average Bonchev–Trinajstić information content (AvgIpc) is 3.07. The maximum atomic E-state index is 12.4. The van der Waals surface area contributed by atoms with E-state index in [0.29, 0.717) is 18.4 Å². The maximum Gasteiger partial charge on any atom is 0.313 e. The predicted octanol–water partition coefficient (Wildman–Crippen LogP) is 1.78. The number of rotatable bonds is 3. The highest BCUT2D eigenvalue weighted by molar-refractivity contribution is 5.79. The molecule has 2 unspecified atom stereocenters. The summed E-state index contributed by atoms with van der Waals surface area (Å²) in [6.45, 7) is 1.57. The Morgan fingerprint density at radius 2 is 2.17 bits per heavy atom. The average molecular weight is 327 g/mol. The van der Waals surface area contributed by atoms with Crippen LogP contribution in [0, 0.1) is 11.3 Å². The van der Waals surface area contributed by atoms with Gasteiger partial charge in [0.1, 0.15) is 5.82 Å². The van der Waals surface area contributed by atoms with Crippen LogP contribution < -0.4 is 4.90 Å². The van der Waals surface area contributed by atoms with Gasteiger partial charge in [0, 0.05) is 19.0 Å². The van der Waals surface area contributed by atoms with Gasteiger partial charge in [0.25, 0.3) is 0 Å². The third kappa shape index (κ3) is 1.90. The molecule has 2 aromatic rings. The Bertz CT molecular complexity index is 814. The molecule has 1 aliphatic heterocycles. The Balaban J connectivity index is 1.50. The highest BCUT2D eigenvalue weighted by atomic mass is 16.5. The van der Waals surface area contributed by atoms with Crippen molar-refractivity contribution in [1.29, 1.82) is 0 Å². The lowest BCUT2D eigenvalue weighted by molar-refractivity contribution is -0.152. The Morgan fingerprint density at radius 3 is 2.96 bits per heavy atom. The highest BCUT2D eigenvalue weighted by Gasteiger charge is 2.55. The Labute approximate surface area is 140 Å². The van der Waals surface area contributed by atoms with E-state index in [1.54, 1.807) is 0 Å². The number of hydrogen-bond acceptors (Lipinski definition) is 6. The van der Waals surface area contributed by atoms with Gasteiger partial charge < -0.3 is 9.64 Å². The summed E-state index contributed by atoms with van der Waals surface area (Å²) >= 11 is 0. The minimum Gasteiger partial charge on any atom is -0.469 e. The lowest BCUT2D eigenvalue weighted by Gasteiger charge is -2.25. The number of carbonyl (C=O) groups is 1. The zero-order chi connectivity index (χ0) is 16.3. The molecule has 3 aliphatic rings. The summed E-state index contributed by atoms with van der Waals surface area (Å²) in [4.78, 5) is 14.7. The zero-order valence-corrected chi connectivity index (χ0v) is 13.8. The summed E-state index contributed by atoms with van der Waals surface area (Å²) in [7, 11) is 1.50. The van der Waals surface area contributed by atoms with Gasteiger partial charge in [0.15, 0.2) is 11.5 Å². The van der Waals surface area contributed by atoms with Crippen molar-refractivity contribution < 1.29 is 9.53 Å². The number of anilines is 1. The highest BCUT2D eigenvalue weighted by Crippen LogP contribution is 2.50. The fourth-order valence-electron chi connectivity index (χ4n) is 4.56. The van der Waals surface area contributed by atoms with Crippen LogP contribution in [0.2, 0.25) is 0 Å². The first-order valence-corrected chi connectivity index (χ1v) is 8.77. The number of fused-ring (bicyclic) bond motifs is 2. The van der Waals surface area contributed by atoms with E-state index in [0.717, 1.165) is 43.1 Å². The van der Waals surface area contributed by atoms with Crippen LogP contribution in [0.3, 0.4) is 0 Å². The molecule has 1 saturated heterocycles. The molecule has 7 nitrogen and oxygen atoms in total. The van der Waals surface area contributed by atoms with Gasteiger partial charge in [-0.05, 0) is 43.7 Å². The van der Waals surface area contributed by atoms with Crippen molar-refractivity contribution >= 4 is 17.4 Å². The summed E-state index contributed by atoms with van der Waals surface area (Å²) < 4.78 is 7.01. The number of methoxy groups -OCH3 is 1. The van der Waals surface area contributed by atoms with Crippen LogP contribution in [0.25, 0.3) is 5.65 Å². The monoisotopic (exact) mass is 327 g/mol. The van der Waals surface area contributed by atoms with E-state index in [-0.39, 0.29) is 11.4 Å². The molecule has 0 bridgehead atoms. The summed E-state index contributed by atoms with van der Waals surface area (Å²) in [5.74, 6) is 2.68. The van der Waals surface area contributed by atoms with E-state index >= 15 is 0 Å². The Hall–Kier alpha value is -2.18. The third-order valence-electron chi connectivity index (χ3n) is 6.00. The Morgan fingerprint density at radius 1 is 1.29 bits per heavy atom. The van der Waals surface area contributed by atoms with Crippen molar-refractivity contribution in [3.05, 3.63) is 18.0 Å². The number of nitrogens with zero attached hydrogens (tertiary/aromatic N) is 5. The second-order valence-corrected chi connectivity index (χ2v) is 7.41. The first-order valence-electron chi connectivity index (χ1n) is 8.77. The largest absolute Gasteiger partial charge is 0.469 e. The molecule has 0 radical (unpaired) electrons. The van der Waals surface area contributed by atoms with Gasteiger partial charge >= 0.3 is 5.97 Å². The summed E-state index contributed by atoms with van der Waals surface area (Å²) in [5.41, 5.74) is 0.445. The van der Waals surface area contributed by atoms with Crippen LogP contribution in [0.1, 0.15) is 43.8 Å². The van der Waals surface area contributed by atoms with Crippen molar-refractivity contribution in [2.75, 3.05) is 25.1 Å². The van der Waals surface area contributed by atoms with Crippen molar-refractivity contribution in [2.24, 2.45) is 11.3 Å². The van der Waals surface area contributed by atoms with E-state index in [9.17, 15) is 4.79 Å². The van der Waals surface area contributed by atoms with E-state index in [2.05, 4.69) is 15.1 Å². The molecule has 0 aromatic carbocycles. The van der Waals surface area contributed by atoms with E-state index < -0.39 is 0 Å². The zero-order valence-electron chi connectivity index (χ0n) is 13.8. The maximum absolute atomic E-state index is 12.4. The minimum atomic E-state index is -0.349. The van der Waals surface area contributed by atoms with Gasteiger partial charge in [-0.15, -0.1) is 15.3 Å². The quantitative estimate of drug-likeness (QED) is 0.800. The molecule has 0 amide bonds. The number of carbonyl (C=O) groups excluding carboxylic acids is 1. The lowest BCUT2D eigenvalue weighted by atomic mass is 9.81. The topological polar surface area (TPSA) is 72.6 Å². The molecule has 126 valence electrons. The molecule has 3 fully saturated rings. The standard InChI is InChI=1S/C17H21N5O2/c1-24-16(23)17-8-2-3-12(17)9-21(10-17)14-7-6-13-18-19-15(11-4-5-11)22(13)20-14/h6-7,11-12H,2-5,8-10H2,1H3. The van der Waals surface area contributed by atoms with Crippen molar-refractivity contribution in [3.8, 4) is 0 Å². The molecule has 2 aliphatic carbocycles. The molecule has 5 rings (SSSR count). The number of esters is 1. The third-order valence-corrected chi connectivity index (χ3v) is 6.00. The summed E-state index contributed by atoms with van der Waals surface area (Å²) in [6.07, 6.45) is 5.46. The van der Waals surface area contributed by atoms with Crippen LogP contribution in [-0.2, 0) is 9.53 Å². The van der Waals surface area contributed by atoms with Crippen LogP contribution in [0.5, 0.6) is 0 Å². The van der Waals surface area contributed by atoms with E-state index in [1.807, 2.05) is 16.6 Å². The molecule has 24 heavy (non-hydrogen) atoms. The first-order chi connectivity index (χ1) is 11.7. The van der Waals surface area contributed by atoms with Crippen molar-refractivity contribution in [1.82, 2.24) is 19.8 Å². The molecule has 3 heterocycles. The number of aromatic nitrogens is 4. The lowest BCUT2D eigenvalue weighted by Crippen LogP contribution is -2.37. The molecule has 0 N–H and O–H groups in total. The molecular formula is C17H21N5O2. The molecule has 2 atom stereocenters. The van der Waals surface area contributed by atoms with Gasteiger partial charge in [-0.2, -0.15) is 4.52 Å².